The van der Waals surface area contributed by atoms with E-state index in [-0.39, 0.29) is 0 Å². The molecule has 1 heterocycles. The number of benzene rings is 1. The van der Waals surface area contributed by atoms with Crippen molar-refractivity contribution in [1.82, 2.24) is 5.32 Å². The number of hydrogen-bond acceptors (Lipinski definition) is 1. The Hall–Kier alpha value is -0.820. The molecule has 1 heteroatoms. The highest BCUT2D eigenvalue weighted by atomic mass is 14.9. The summed E-state index contributed by atoms with van der Waals surface area (Å²) in [6, 6.07) is 6.62. The zero-order valence-corrected chi connectivity index (χ0v) is 9.14. The molecule has 0 spiro atoms. The molecule has 0 radical (unpaired) electrons. The number of rotatable bonds is 1. The van der Waals surface area contributed by atoms with Gasteiger partial charge in [-0.3, -0.25) is 0 Å². The van der Waals surface area contributed by atoms with Crippen molar-refractivity contribution in [2.45, 2.75) is 32.6 Å². The second-order valence-corrected chi connectivity index (χ2v) is 4.35. The standard InChI is InChI=1S/C13H19N/c1-10-5-3-6-11(2)13(10)12-7-4-8-14-9-12/h3,5-6,12,14H,4,7-9H2,1-2H3/t12-/m1/s1. The Kier molecular flexibility index (Phi) is 2.87. The van der Waals surface area contributed by atoms with E-state index in [1.54, 1.807) is 5.56 Å². The van der Waals surface area contributed by atoms with Crippen molar-refractivity contribution in [3.8, 4) is 0 Å². The molecular formula is C13H19N. The largest absolute Gasteiger partial charge is 0.316 e. The molecule has 76 valence electrons. The van der Waals surface area contributed by atoms with Gasteiger partial charge in [0.2, 0.25) is 0 Å². The van der Waals surface area contributed by atoms with Crippen molar-refractivity contribution >= 4 is 0 Å². The molecule has 1 N–H and O–H groups in total. The number of nitrogens with one attached hydrogen (secondary N) is 1. The summed E-state index contributed by atoms with van der Waals surface area (Å²) < 4.78 is 0. The predicted molar refractivity (Wildman–Crippen MR) is 60.8 cm³/mol. The molecule has 1 nitrogen and oxygen atoms in total. The summed E-state index contributed by atoms with van der Waals surface area (Å²) in [6.45, 7) is 6.82. The molecule has 0 bridgehead atoms. The van der Waals surface area contributed by atoms with Crippen LogP contribution in [-0.4, -0.2) is 13.1 Å². The minimum Gasteiger partial charge on any atom is -0.316 e. The van der Waals surface area contributed by atoms with Crippen LogP contribution in [0.1, 0.15) is 35.4 Å². The molecule has 1 aliphatic rings. The molecule has 0 aromatic heterocycles. The Bertz CT molecular complexity index is 291. The Morgan fingerprint density at radius 2 is 1.93 bits per heavy atom. The molecule has 1 aromatic carbocycles. The quantitative estimate of drug-likeness (QED) is 0.716. The van der Waals surface area contributed by atoms with Crippen molar-refractivity contribution in [3.05, 3.63) is 34.9 Å². The van der Waals surface area contributed by atoms with Gasteiger partial charge >= 0.3 is 0 Å². The molecule has 0 unspecified atom stereocenters. The molecule has 1 saturated heterocycles. The van der Waals surface area contributed by atoms with Gasteiger partial charge in [0.15, 0.2) is 0 Å². The van der Waals surface area contributed by atoms with Gasteiger partial charge in [-0.15, -0.1) is 0 Å². The SMILES string of the molecule is Cc1cccc(C)c1[C@@H]1CCCNC1. The van der Waals surface area contributed by atoms with Crippen molar-refractivity contribution in [2.24, 2.45) is 0 Å². The second kappa shape index (κ2) is 4.14. The topological polar surface area (TPSA) is 12.0 Å². The zero-order chi connectivity index (χ0) is 9.97. The van der Waals surface area contributed by atoms with Gasteiger partial charge in [-0.05, 0) is 55.8 Å². The predicted octanol–water partition coefficient (Wildman–Crippen LogP) is 2.77. The lowest BCUT2D eigenvalue weighted by atomic mass is 9.86. The Labute approximate surface area is 86.5 Å². The monoisotopic (exact) mass is 189 g/mol. The Morgan fingerprint density at radius 3 is 2.50 bits per heavy atom. The molecule has 1 aliphatic heterocycles. The summed E-state index contributed by atoms with van der Waals surface area (Å²) in [5.41, 5.74) is 4.50. The number of hydrogen-bond donors (Lipinski definition) is 1. The van der Waals surface area contributed by atoms with Crippen LogP contribution >= 0.6 is 0 Å². The molecule has 0 aliphatic carbocycles. The van der Waals surface area contributed by atoms with E-state index in [0.29, 0.717) is 0 Å². The normalized spacial score (nSPS) is 22.3. The molecule has 0 saturated carbocycles. The van der Waals surface area contributed by atoms with E-state index in [2.05, 4.69) is 37.4 Å². The van der Waals surface area contributed by atoms with Crippen molar-refractivity contribution in [2.75, 3.05) is 13.1 Å². The highest BCUT2D eigenvalue weighted by Gasteiger charge is 2.18. The van der Waals surface area contributed by atoms with Crippen LogP contribution in [0.3, 0.4) is 0 Å². The highest BCUT2D eigenvalue weighted by molar-refractivity contribution is 5.36. The Morgan fingerprint density at radius 1 is 1.21 bits per heavy atom. The van der Waals surface area contributed by atoms with Gasteiger partial charge in [-0.2, -0.15) is 0 Å². The highest BCUT2D eigenvalue weighted by Crippen LogP contribution is 2.28. The minimum atomic E-state index is 0.741. The summed E-state index contributed by atoms with van der Waals surface area (Å²) in [5.74, 6) is 0.741. The van der Waals surface area contributed by atoms with Crippen molar-refractivity contribution in [3.63, 3.8) is 0 Å². The van der Waals surface area contributed by atoms with Gasteiger partial charge in [0.25, 0.3) is 0 Å². The van der Waals surface area contributed by atoms with Crippen LogP contribution in [0.5, 0.6) is 0 Å². The van der Waals surface area contributed by atoms with E-state index in [1.807, 2.05) is 0 Å². The first kappa shape index (κ1) is 9.72. The summed E-state index contributed by atoms with van der Waals surface area (Å²) >= 11 is 0. The van der Waals surface area contributed by atoms with E-state index >= 15 is 0 Å². The second-order valence-electron chi connectivity index (χ2n) is 4.35. The Balaban J connectivity index is 2.29. The van der Waals surface area contributed by atoms with Crippen LogP contribution in [0.25, 0.3) is 0 Å². The molecular weight excluding hydrogens is 170 g/mol. The van der Waals surface area contributed by atoms with Crippen LogP contribution < -0.4 is 5.32 Å². The smallest absolute Gasteiger partial charge is 0.00203 e. The average molecular weight is 189 g/mol. The van der Waals surface area contributed by atoms with Crippen LogP contribution in [0.15, 0.2) is 18.2 Å². The lowest BCUT2D eigenvalue weighted by molar-refractivity contribution is 0.459. The fourth-order valence-electron chi connectivity index (χ4n) is 2.57. The first-order valence-corrected chi connectivity index (χ1v) is 5.56. The fraction of sp³-hybridized carbons (Fsp3) is 0.538. The minimum absolute atomic E-state index is 0.741. The van der Waals surface area contributed by atoms with Crippen LogP contribution in [0.2, 0.25) is 0 Å². The van der Waals surface area contributed by atoms with Crippen molar-refractivity contribution in [1.29, 1.82) is 0 Å². The number of piperidine rings is 1. The zero-order valence-electron chi connectivity index (χ0n) is 9.14. The molecule has 1 fully saturated rings. The summed E-state index contributed by atoms with van der Waals surface area (Å²) in [7, 11) is 0. The van der Waals surface area contributed by atoms with Gasteiger partial charge in [-0.25, -0.2) is 0 Å². The average Bonchev–Trinajstić information content (AvgIpc) is 2.19. The van der Waals surface area contributed by atoms with Crippen LogP contribution in [0.4, 0.5) is 0 Å². The van der Waals surface area contributed by atoms with E-state index in [4.69, 9.17) is 0 Å². The van der Waals surface area contributed by atoms with E-state index in [1.165, 1.54) is 30.5 Å². The van der Waals surface area contributed by atoms with E-state index < -0.39 is 0 Å². The third-order valence-electron chi connectivity index (χ3n) is 3.25. The van der Waals surface area contributed by atoms with Crippen LogP contribution in [-0.2, 0) is 0 Å². The maximum absolute atomic E-state index is 3.49. The lowest BCUT2D eigenvalue weighted by Crippen LogP contribution is -2.29. The van der Waals surface area contributed by atoms with Crippen molar-refractivity contribution < 1.29 is 0 Å². The van der Waals surface area contributed by atoms with Gasteiger partial charge in [0.05, 0.1) is 0 Å². The third-order valence-corrected chi connectivity index (χ3v) is 3.25. The maximum Gasteiger partial charge on any atom is 0.00203 e. The lowest BCUT2D eigenvalue weighted by Gasteiger charge is -2.26. The fourth-order valence-corrected chi connectivity index (χ4v) is 2.57. The van der Waals surface area contributed by atoms with Gasteiger partial charge in [0.1, 0.15) is 0 Å². The van der Waals surface area contributed by atoms with Crippen LogP contribution in [0, 0.1) is 13.8 Å². The van der Waals surface area contributed by atoms with Gasteiger partial charge < -0.3 is 5.32 Å². The molecule has 1 atom stereocenters. The molecule has 14 heavy (non-hydrogen) atoms. The number of aryl methyl sites for hydroxylation is 2. The first-order valence-electron chi connectivity index (χ1n) is 5.56. The van der Waals surface area contributed by atoms with Gasteiger partial charge in [-0.1, -0.05) is 18.2 Å². The molecule has 1 aromatic rings. The summed E-state index contributed by atoms with van der Waals surface area (Å²) in [4.78, 5) is 0. The first-order chi connectivity index (χ1) is 6.79. The van der Waals surface area contributed by atoms with E-state index in [9.17, 15) is 0 Å². The van der Waals surface area contributed by atoms with E-state index in [0.717, 1.165) is 12.5 Å². The van der Waals surface area contributed by atoms with Gasteiger partial charge in [0, 0.05) is 6.54 Å². The molecule has 2 rings (SSSR count). The maximum atomic E-state index is 3.49. The summed E-state index contributed by atoms with van der Waals surface area (Å²) in [6.07, 6.45) is 2.66. The third kappa shape index (κ3) is 1.83. The molecule has 0 amide bonds. The summed E-state index contributed by atoms with van der Waals surface area (Å²) in [5, 5.41) is 3.49.